The average Bonchev–Trinajstić information content (AvgIpc) is 2.71. The third-order valence-electron chi connectivity index (χ3n) is 5.33. The summed E-state index contributed by atoms with van der Waals surface area (Å²) in [4.78, 5) is 11.9. The van der Waals surface area contributed by atoms with Gasteiger partial charge in [0, 0.05) is 30.9 Å². The minimum Gasteiger partial charge on any atom is -0.354 e. The quantitative estimate of drug-likeness (QED) is 0.738. The van der Waals surface area contributed by atoms with Crippen molar-refractivity contribution in [2.75, 3.05) is 23.3 Å². The molecule has 0 fully saturated rings. The molecule has 1 aliphatic heterocycles. The van der Waals surface area contributed by atoms with Crippen molar-refractivity contribution in [3.8, 4) is 0 Å². The van der Waals surface area contributed by atoms with Crippen LogP contribution in [0.4, 0.5) is 11.8 Å². The Labute approximate surface area is 161 Å². The maximum absolute atomic E-state index is 4.86. The van der Waals surface area contributed by atoms with Crippen molar-refractivity contribution in [1.29, 1.82) is 0 Å². The minimum atomic E-state index is 0.725. The molecule has 0 saturated heterocycles. The van der Waals surface area contributed by atoms with Crippen molar-refractivity contribution < 1.29 is 0 Å². The van der Waals surface area contributed by atoms with Gasteiger partial charge >= 0.3 is 0 Å². The fraction of sp³-hybridized carbons (Fsp3) is 0.304. The molecule has 138 valence electrons. The molecule has 1 aromatic heterocycles. The Morgan fingerprint density at radius 2 is 1.67 bits per heavy atom. The van der Waals surface area contributed by atoms with Crippen LogP contribution in [0.2, 0.25) is 0 Å². The summed E-state index contributed by atoms with van der Waals surface area (Å²) < 4.78 is 0. The molecule has 0 radical (unpaired) electrons. The molecule has 0 amide bonds. The standard InChI is InChI=1S/C23H26N4/c1-17-18(2)25-23(24-14-12-19-8-4-3-5-9-19)26-22(17)27-15-13-20-10-6-7-11-21(20)16-27/h3-11H,12-16H2,1-2H3,(H,24,25,26). The Hall–Kier alpha value is -2.88. The smallest absolute Gasteiger partial charge is 0.224 e. The molecule has 1 N–H and O–H groups in total. The third-order valence-corrected chi connectivity index (χ3v) is 5.33. The zero-order chi connectivity index (χ0) is 18.6. The van der Waals surface area contributed by atoms with Gasteiger partial charge in [-0.25, -0.2) is 4.98 Å². The summed E-state index contributed by atoms with van der Waals surface area (Å²) in [5.41, 5.74) is 6.39. The Balaban J connectivity index is 1.50. The fourth-order valence-electron chi connectivity index (χ4n) is 3.64. The molecular formula is C23H26N4. The van der Waals surface area contributed by atoms with E-state index in [-0.39, 0.29) is 0 Å². The predicted octanol–water partition coefficient (Wildman–Crippen LogP) is 4.31. The monoisotopic (exact) mass is 358 g/mol. The lowest BCUT2D eigenvalue weighted by Gasteiger charge is -2.31. The number of anilines is 2. The minimum absolute atomic E-state index is 0.725. The first-order valence-electron chi connectivity index (χ1n) is 9.65. The van der Waals surface area contributed by atoms with Crippen LogP contribution in [-0.2, 0) is 19.4 Å². The molecule has 4 rings (SSSR count). The van der Waals surface area contributed by atoms with E-state index in [9.17, 15) is 0 Å². The topological polar surface area (TPSA) is 41.1 Å². The van der Waals surface area contributed by atoms with Gasteiger partial charge in [-0.2, -0.15) is 4.98 Å². The van der Waals surface area contributed by atoms with E-state index in [0.717, 1.165) is 49.9 Å². The highest BCUT2D eigenvalue weighted by Gasteiger charge is 2.20. The van der Waals surface area contributed by atoms with Crippen molar-refractivity contribution in [3.05, 3.63) is 82.5 Å². The lowest BCUT2D eigenvalue weighted by molar-refractivity contribution is 0.715. The van der Waals surface area contributed by atoms with Crippen LogP contribution >= 0.6 is 0 Å². The van der Waals surface area contributed by atoms with Crippen LogP contribution in [0.3, 0.4) is 0 Å². The number of hydrogen-bond acceptors (Lipinski definition) is 4. The van der Waals surface area contributed by atoms with Gasteiger partial charge in [-0.1, -0.05) is 54.6 Å². The van der Waals surface area contributed by atoms with Crippen molar-refractivity contribution in [2.45, 2.75) is 33.2 Å². The summed E-state index contributed by atoms with van der Waals surface area (Å²) in [5, 5.41) is 3.41. The second-order valence-corrected chi connectivity index (χ2v) is 7.18. The molecule has 2 heterocycles. The summed E-state index contributed by atoms with van der Waals surface area (Å²) in [6.45, 7) is 6.93. The van der Waals surface area contributed by atoms with Crippen LogP contribution in [0.5, 0.6) is 0 Å². The van der Waals surface area contributed by atoms with Gasteiger partial charge in [0.15, 0.2) is 0 Å². The summed E-state index contributed by atoms with van der Waals surface area (Å²) in [7, 11) is 0. The second-order valence-electron chi connectivity index (χ2n) is 7.18. The number of fused-ring (bicyclic) bond motifs is 1. The predicted molar refractivity (Wildman–Crippen MR) is 111 cm³/mol. The van der Waals surface area contributed by atoms with Gasteiger partial charge in [0.1, 0.15) is 5.82 Å². The molecule has 4 nitrogen and oxygen atoms in total. The normalized spacial score (nSPS) is 13.3. The molecule has 0 unspecified atom stereocenters. The van der Waals surface area contributed by atoms with E-state index < -0.39 is 0 Å². The highest BCUT2D eigenvalue weighted by atomic mass is 15.2. The van der Waals surface area contributed by atoms with Crippen LogP contribution in [0.1, 0.15) is 27.9 Å². The maximum atomic E-state index is 4.86. The number of aryl methyl sites for hydroxylation is 1. The van der Waals surface area contributed by atoms with Crippen LogP contribution in [0.15, 0.2) is 54.6 Å². The van der Waals surface area contributed by atoms with Crippen molar-refractivity contribution in [2.24, 2.45) is 0 Å². The Morgan fingerprint density at radius 1 is 0.926 bits per heavy atom. The Bertz CT molecular complexity index is 921. The molecule has 0 spiro atoms. The van der Waals surface area contributed by atoms with E-state index in [2.05, 4.69) is 77.6 Å². The van der Waals surface area contributed by atoms with Crippen LogP contribution in [-0.4, -0.2) is 23.1 Å². The highest BCUT2D eigenvalue weighted by Crippen LogP contribution is 2.27. The van der Waals surface area contributed by atoms with Gasteiger partial charge in [-0.3, -0.25) is 0 Å². The largest absolute Gasteiger partial charge is 0.354 e. The zero-order valence-electron chi connectivity index (χ0n) is 16.1. The number of nitrogens with one attached hydrogen (secondary N) is 1. The lowest BCUT2D eigenvalue weighted by atomic mass is 9.99. The number of rotatable bonds is 5. The Morgan fingerprint density at radius 3 is 2.48 bits per heavy atom. The first kappa shape index (κ1) is 17.5. The van der Waals surface area contributed by atoms with Crippen molar-refractivity contribution in [3.63, 3.8) is 0 Å². The van der Waals surface area contributed by atoms with Gasteiger partial charge in [0.2, 0.25) is 5.95 Å². The molecule has 0 saturated carbocycles. The molecule has 2 aromatic carbocycles. The lowest BCUT2D eigenvalue weighted by Crippen LogP contribution is -2.32. The van der Waals surface area contributed by atoms with Crippen molar-refractivity contribution >= 4 is 11.8 Å². The summed E-state index contributed by atoms with van der Waals surface area (Å²) in [5.74, 6) is 1.78. The molecule has 27 heavy (non-hydrogen) atoms. The summed E-state index contributed by atoms with van der Waals surface area (Å²) in [6, 6.07) is 19.2. The molecule has 1 aliphatic rings. The van der Waals surface area contributed by atoms with Gasteiger partial charge in [-0.15, -0.1) is 0 Å². The number of nitrogens with zero attached hydrogens (tertiary/aromatic N) is 3. The van der Waals surface area contributed by atoms with E-state index in [1.807, 2.05) is 6.07 Å². The number of benzene rings is 2. The second kappa shape index (κ2) is 7.78. The van der Waals surface area contributed by atoms with Gasteiger partial charge < -0.3 is 10.2 Å². The van der Waals surface area contributed by atoms with Gasteiger partial charge in [0.25, 0.3) is 0 Å². The fourth-order valence-corrected chi connectivity index (χ4v) is 3.64. The summed E-state index contributed by atoms with van der Waals surface area (Å²) in [6.07, 6.45) is 2.03. The summed E-state index contributed by atoms with van der Waals surface area (Å²) >= 11 is 0. The molecular weight excluding hydrogens is 332 g/mol. The van der Waals surface area contributed by atoms with Crippen LogP contribution in [0, 0.1) is 13.8 Å². The number of aromatic nitrogens is 2. The van der Waals surface area contributed by atoms with E-state index in [0.29, 0.717) is 0 Å². The van der Waals surface area contributed by atoms with Gasteiger partial charge in [-0.05, 0) is 43.4 Å². The van der Waals surface area contributed by atoms with E-state index >= 15 is 0 Å². The molecule has 0 aliphatic carbocycles. The van der Waals surface area contributed by atoms with Crippen molar-refractivity contribution in [1.82, 2.24) is 9.97 Å². The third kappa shape index (κ3) is 3.95. The van der Waals surface area contributed by atoms with Gasteiger partial charge in [0.05, 0.1) is 0 Å². The molecule has 0 atom stereocenters. The number of hydrogen-bond donors (Lipinski definition) is 1. The molecule has 4 heteroatoms. The maximum Gasteiger partial charge on any atom is 0.224 e. The SMILES string of the molecule is Cc1nc(NCCc2ccccc2)nc(N2CCc3ccccc3C2)c1C. The first-order chi connectivity index (χ1) is 13.2. The average molecular weight is 358 g/mol. The van der Waals surface area contributed by atoms with E-state index in [4.69, 9.17) is 4.98 Å². The molecule has 3 aromatic rings. The molecule has 0 bridgehead atoms. The van der Waals surface area contributed by atoms with E-state index in [1.54, 1.807) is 0 Å². The van der Waals surface area contributed by atoms with Crippen LogP contribution < -0.4 is 10.2 Å². The zero-order valence-corrected chi connectivity index (χ0v) is 16.1. The highest BCUT2D eigenvalue weighted by molar-refractivity contribution is 5.54. The Kier molecular flexibility index (Phi) is 5.05. The van der Waals surface area contributed by atoms with Crippen LogP contribution in [0.25, 0.3) is 0 Å². The first-order valence-corrected chi connectivity index (χ1v) is 9.65. The van der Waals surface area contributed by atoms with E-state index in [1.165, 1.54) is 22.3 Å².